The van der Waals surface area contributed by atoms with Crippen molar-refractivity contribution in [1.29, 1.82) is 0 Å². The summed E-state index contributed by atoms with van der Waals surface area (Å²) in [7, 11) is 0. The van der Waals surface area contributed by atoms with Gasteiger partial charge in [0, 0.05) is 35.4 Å². The minimum Gasteiger partial charge on any atom is -0.339 e. The van der Waals surface area contributed by atoms with E-state index in [0.29, 0.717) is 29.4 Å². The minimum atomic E-state index is -0.178. The maximum Gasteiger partial charge on any atom is 0.226 e. The highest BCUT2D eigenvalue weighted by Gasteiger charge is 2.23. The zero-order valence-corrected chi connectivity index (χ0v) is 17.9. The summed E-state index contributed by atoms with van der Waals surface area (Å²) in [6, 6.07) is 21.4. The Morgan fingerprint density at radius 1 is 0.933 bits per heavy atom. The van der Waals surface area contributed by atoms with Crippen molar-refractivity contribution in [1.82, 2.24) is 0 Å². The monoisotopic (exact) mass is 437 g/mol. The average Bonchev–Trinajstić information content (AvgIpc) is 2.72. The first kappa shape index (κ1) is 20.3. The molecule has 0 radical (unpaired) electrons. The van der Waals surface area contributed by atoms with Crippen LogP contribution in [0.2, 0.25) is 5.02 Å². The van der Waals surface area contributed by atoms with E-state index in [1.54, 1.807) is 30.0 Å². The molecule has 3 aromatic carbocycles. The number of amides is 2. The third-order valence-electron chi connectivity index (χ3n) is 4.66. The molecule has 5 nitrogen and oxygen atoms in total. The van der Waals surface area contributed by atoms with Crippen molar-refractivity contribution in [2.45, 2.75) is 23.1 Å². The average molecular weight is 438 g/mol. The summed E-state index contributed by atoms with van der Waals surface area (Å²) in [5.41, 5.74) is 3.31. The van der Waals surface area contributed by atoms with Crippen molar-refractivity contribution in [2.24, 2.45) is 0 Å². The first-order valence-electron chi connectivity index (χ1n) is 9.52. The third kappa shape index (κ3) is 4.45. The van der Waals surface area contributed by atoms with Crippen LogP contribution in [0.4, 0.5) is 22.7 Å². The summed E-state index contributed by atoms with van der Waals surface area (Å²) in [5, 5.41) is 5.91. The van der Waals surface area contributed by atoms with Crippen LogP contribution in [0.1, 0.15) is 13.3 Å². The van der Waals surface area contributed by atoms with Crippen LogP contribution in [0.25, 0.3) is 0 Å². The van der Waals surface area contributed by atoms with Gasteiger partial charge >= 0.3 is 0 Å². The minimum absolute atomic E-state index is 0.127. The van der Waals surface area contributed by atoms with Gasteiger partial charge in [0.2, 0.25) is 11.8 Å². The molecule has 0 unspecified atom stereocenters. The highest BCUT2D eigenvalue weighted by molar-refractivity contribution is 7.99. The van der Waals surface area contributed by atoms with E-state index in [1.165, 1.54) is 16.7 Å². The van der Waals surface area contributed by atoms with Crippen molar-refractivity contribution >= 4 is 57.9 Å². The van der Waals surface area contributed by atoms with E-state index in [0.717, 1.165) is 11.4 Å². The van der Waals surface area contributed by atoms with Gasteiger partial charge in [-0.25, -0.2) is 0 Å². The fourth-order valence-electron chi connectivity index (χ4n) is 3.35. The number of carbonyl (C=O) groups is 2. The molecule has 0 saturated carbocycles. The molecule has 0 bridgehead atoms. The van der Waals surface area contributed by atoms with Gasteiger partial charge in [0.05, 0.1) is 22.1 Å². The highest BCUT2D eigenvalue weighted by Crippen LogP contribution is 2.47. The second-order valence-corrected chi connectivity index (χ2v) is 8.35. The van der Waals surface area contributed by atoms with Gasteiger partial charge in [-0.15, -0.1) is 0 Å². The molecule has 4 rings (SSSR count). The van der Waals surface area contributed by atoms with Crippen LogP contribution in [0.5, 0.6) is 0 Å². The number of hydrogen-bond donors (Lipinski definition) is 2. The summed E-state index contributed by atoms with van der Waals surface area (Å²) in [5.74, 6) is -0.305. The zero-order valence-electron chi connectivity index (χ0n) is 16.3. The Bertz CT molecular complexity index is 1070. The molecule has 0 spiro atoms. The van der Waals surface area contributed by atoms with Gasteiger partial charge in [0.15, 0.2) is 0 Å². The summed E-state index contributed by atoms with van der Waals surface area (Å²) >= 11 is 8.00. The van der Waals surface area contributed by atoms with E-state index >= 15 is 0 Å². The van der Waals surface area contributed by atoms with E-state index in [9.17, 15) is 9.59 Å². The molecule has 2 N–H and O–H groups in total. The topological polar surface area (TPSA) is 61.4 Å². The van der Waals surface area contributed by atoms with Crippen LogP contribution in [0.3, 0.4) is 0 Å². The van der Waals surface area contributed by atoms with Gasteiger partial charge in [-0.2, -0.15) is 0 Å². The molecular weight excluding hydrogens is 418 g/mol. The summed E-state index contributed by atoms with van der Waals surface area (Å²) < 4.78 is 0. The van der Waals surface area contributed by atoms with E-state index in [-0.39, 0.29) is 11.8 Å². The molecule has 0 aliphatic carbocycles. The lowest BCUT2D eigenvalue weighted by Gasteiger charge is -2.32. The van der Waals surface area contributed by atoms with Gasteiger partial charge in [-0.3, -0.25) is 9.59 Å². The molecule has 0 fully saturated rings. The molecule has 1 aliphatic rings. The zero-order chi connectivity index (χ0) is 21.1. The van der Waals surface area contributed by atoms with Crippen LogP contribution in [0, 0.1) is 0 Å². The number of anilines is 4. The molecular formula is C23H20ClN3O2S. The van der Waals surface area contributed by atoms with Gasteiger partial charge in [0.1, 0.15) is 0 Å². The van der Waals surface area contributed by atoms with Gasteiger partial charge < -0.3 is 15.5 Å². The molecule has 2 amide bonds. The van der Waals surface area contributed by atoms with Crippen LogP contribution in [0.15, 0.2) is 76.5 Å². The van der Waals surface area contributed by atoms with Crippen molar-refractivity contribution < 1.29 is 9.59 Å². The lowest BCUT2D eigenvalue weighted by atomic mass is 10.2. The van der Waals surface area contributed by atoms with Gasteiger partial charge in [0.25, 0.3) is 0 Å². The van der Waals surface area contributed by atoms with Crippen molar-refractivity contribution in [2.75, 3.05) is 22.1 Å². The largest absolute Gasteiger partial charge is 0.339 e. The van der Waals surface area contributed by atoms with E-state index in [4.69, 9.17) is 11.6 Å². The number of halogens is 1. The molecule has 1 aliphatic heterocycles. The van der Waals surface area contributed by atoms with Crippen LogP contribution in [-0.4, -0.2) is 18.4 Å². The molecule has 0 saturated heterocycles. The van der Waals surface area contributed by atoms with Crippen molar-refractivity contribution in [3.05, 3.63) is 71.8 Å². The smallest absolute Gasteiger partial charge is 0.226 e. The Hall–Kier alpha value is -2.96. The van der Waals surface area contributed by atoms with E-state index in [1.807, 2.05) is 24.3 Å². The number of nitrogens with zero attached hydrogens (tertiary/aromatic N) is 1. The molecule has 30 heavy (non-hydrogen) atoms. The van der Waals surface area contributed by atoms with E-state index < -0.39 is 0 Å². The lowest BCUT2D eigenvalue weighted by Crippen LogP contribution is -2.26. The van der Waals surface area contributed by atoms with E-state index in [2.05, 4.69) is 39.8 Å². The second kappa shape index (κ2) is 8.81. The molecule has 3 aromatic rings. The number of carbonyl (C=O) groups excluding carboxylic acids is 2. The number of nitrogens with one attached hydrogen (secondary N) is 2. The molecule has 0 atom stereocenters. The van der Waals surface area contributed by atoms with Gasteiger partial charge in [-0.05, 0) is 42.5 Å². The summed E-state index contributed by atoms with van der Waals surface area (Å²) in [4.78, 5) is 28.3. The lowest BCUT2D eigenvalue weighted by molar-refractivity contribution is -0.116. The number of hydrogen-bond acceptors (Lipinski definition) is 4. The predicted molar refractivity (Wildman–Crippen MR) is 123 cm³/mol. The maximum absolute atomic E-state index is 12.6. The molecule has 1 heterocycles. The Balaban J connectivity index is 1.46. The Morgan fingerprint density at radius 3 is 2.17 bits per heavy atom. The van der Waals surface area contributed by atoms with Crippen molar-refractivity contribution in [3.63, 3.8) is 0 Å². The van der Waals surface area contributed by atoms with Crippen molar-refractivity contribution in [3.8, 4) is 0 Å². The highest BCUT2D eigenvalue weighted by atomic mass is 35.5. The second-order valence-electron chi connectivity index (χ2n) is 6.86. The Kier molecular flexibility index (Phi) is 5.97. The number of para-hydroxylation sites is 2. The molecule has 7 heteroatoms. The van der Waals surface area contributed by atoms with Gasteiger partial charge in [-0.1, -0.05) is 47.6 Å². The fourth-order valence-corrected chi connectivity index (χ4v) is 4.67. The number of fused-ring (bicyclic) bond motifs is 2. The van der Waals surface area contributed by atoms with Crippen LogP contribution in [-0.2, 0) is 9.59 Å². The molecule has 0 aromatic heterocycles. The summed E-state index contributed by atoms with van der Waals surface area (Å²) in [6.07, 6.45) is 0.303. The molecule has 152 valence electrons. The summed E-state index contributed by atoms with van der Waals surface area (Å²) in [6.45, 7) is 1.97. The normalized spacial score (nSPS) is 12.0. The first-order chi connectivity index (χ1) is 14.5. The third-order valence-corrected chi connectivity index (χ3v) is 6.10. The first-order valence-corrected chi connectivity index (χ1v) is 10.7. The number of rotatable bonds is 5. The van der Waals surface area contributed by atoms with Crippen LogP contribution < -0.4 is 15.5 Å². The Morgan fingerprint density at radius 2 is 1.57 bits per heavy atom. The SMILES string of the molecule is CC(=O)Nc1ccc(NC(=O)CCN2c3ccccc3Sc3ccccc32)c(Cl)c1. The fraction of sp³-hybridized carbons (Fsp3) is 0.130. The number of benzene rings is 3. The maximum atomic E-state index is 12.6. The quantitative estimate of drug-likeness (QED) is 0.519. The standard InChI is InChI=1S/C23H20ClN3O2S/c1-15(28)25-16-10-11-18(17(24)14-16)26-23(29)12-13-27-19-6-2-4-8-21(19)30-22-9-5-3-7-20(22)27/h2-11,14H,12-13H2,1H3,(H,25,28)(H,26,29). The predicted octanol–water partition coefficient (Wildman–Crippen LogP) is 5.93. The Labute approximate surface area is 184 Å². The van der Waals surface area contributed by atoms with Crippen LogP contribution >= 0.6 is 23.4 Å².